The van der Waals surface area contributed by atoms with Gasteiger partial charge in [-0.05, 0) is 30.3 Å². The molecular weight excluding hydrogens is 266 g/mol. The Morgan fingerprint density at radius 3 is 2.90 bits per heavy atom. The molecule has 0 radical (unpaired) electrons. The van der Waals surface area contributed by atoms with Crippen LogP contribution in [0.2, 0.25) is 0 Å². The molecule has 108 valence electrons. The first-order chi connectivity index (χ1) is 10.3. The molecule has 0 spiro atoms. The van der Waals surface area contributed by atoms with Crippen LogP contribution in [0.5, 0.6) is 11.5 Å². The third-order valence-electron chi connectivity index (χ3n) is 3.28. The van der Waals surface area contributed by atoms with E-state index in [0.717, 1.165) is 28.4 Å². The maximum absolute atomic E-state index is 5.83. The zero-order valence-electron chi connectivity index (χ0n) is 11.8. The number of nitrogens with two attached hydrogens (primary N) is 1. The Balaban J connectivity index is 1.77. The van der Waals surface area contributed by atoms with E-state index < -0.39 is 0 Å². The number of nitrogens with zero attached hydrogens (tertiary/aromatic N) is 2. The van der Waals surface area contributed by atoms with Gasteiger partial charge in [0, 0.05) is 24.5 Å². The summed E-state index contributed by atoms with van der Waals surface area (Å²) >= 11 is 0. The molecular formula is C16H17N3O2. The van der Waals surface area contributed by atoms with Gasteiger partial charge in [-0.3, -0.25) is 0 Å². The Labute approximate surface area is 122 Å². The highest BCUT2D eigenvalue weighted by Gasteiger charge is 2.06. The number of rotatable bonds is 5. The fourth-order valence-electron chi connectivity index (χ4n) is 2.19. The largest absolute Gasteiger partial charge is 0.497 e. The number of hydrogen-bond acceptors (Lipinski definition) is 4. The van der Waals surface area contributed by atoms with Gasteiger partial charge >= 0.3 is 0 Å². The highest BCUT2D eigenvalue weighted by Crippen LogP contribution is 2.24. The number of imidazole rings is 1. The molecule has 21 heavy (non-hydrogen) atoms. The van der Waals surface area contributed by atoms with Crippen molar-refractivity contribution >= 4 is 5.65 Å². The van der Waals surface area contributed by atoms with Crippen molar-refractivity contribution in [2.75, 3.05) is 7.11 Å². The summed E-state index contributed by atoms with van der Waals surface area (Å²) in [5, 5.41) is 0. The van der Waals surface area contributed by atoms with Crippen molar-refractivity contribution in [2.45, 2.75) is 13.2 Å². The fraction of sp³-hybridized carbons (Fsp3) is 0.188. The predicted octanol–water partition coefficient (Wildman–Crippen LogP) is 2.38. The predicted molar refractivity (Wildman–Crippen MR) is 80.4 cm³/mol. The summed E-state index contributed by atoms with van der Waals surface area (Å²) in [4.78, 5) is 4.50. The van der Waals surface area contributed by atoms with Gasteiger partial charge in [-0.25, -0.2) is 4.98 Å². The minimum absolute atomic E-state index is 0.400. The lowest BCUT2D eigenvalue weighted by Crippen LogP contribution is -2.03. The van der Waals surface area contributed by atoms with Gasteiger partial charge in [0.1, 0.15) is 23.8 Å². The van der Waals surface area contributed by atoms with Crippen LogP contribution in [0.3, 0.4) is 0 Å². The maximum atomic E-state index is 5.83. The van der Waals surface area contributed by atoms with Crippen LogP contribution in [0.1, 0.15) is 11.3 Å². The van der Waals surface area contributed by atoms with E-state index in [4.69, 9.17) is 15.2 Å². The number of benzene rings is 1. The number of ether oxygens (including phenoxy) is 2. The van der Waals surface area contributed by atoms with E-state index in [1.165, 1.54) is 0 Å². The van der Waals surface area contributed by atoms with Gasteiger partial charge in [0.25, 0.3) is 0 Å². The second-order valence-electron chi connectivity index (χ2n) is 4.66. The average molecular weight is 283 g/mol. The maximum Gasteiger partial charge on any atom is 0.137 e. The Morgan fingerprint density at radius 2 is 2.14 bits per heavy atom. The fourth-order valence-corrected chi connectivity index (χ4v) is 2.19. The van der Waals surface area contributed by atoms with Crippen LogP contribution in [0.25, 0.3) is 5.65 Å². The summed E-state index contributed by atoms with van der Waals surface area (Å²) in [7, 11) is 1.63. The van der Waals surface area contributed by atoms with Gasteiger partial charge in [-0.1, -0.05) is 6.07 Å². The van der Waals surface area contributed by atoms with Gasteiger partial charge < -0.3 is 19.6 Å². The summed E-state index contributed by atoms with van der Waals surface area (Å²) in [6, 6.07) is 11.5. The highest BCUT2D eigenvalue weighted by atomic mass is 16.5. The molecule has 0 atom stereocenters. The van der Waals surface area contributed by atoms with Gasteiger partial charge in [0.2, 0.25) is 0 Å². The van der Waals surface area contributed by atoms with Crippen molar-refractivity contribution in [1.82, 2.24) is 9.38 Å². The third-order valence-corrected chi connectivity index (χ3v) is 3.28. The second kappa shape index (κ2) is 5.85. The smallest absolute Gasteiger partial charge is 0.137 e. The molecule has 0 fully saturated rings. The molecule has 1 aromatic carbocycles. The number of pyridine rings is 1. The Hall–Kier alpha value is -2.53. The summed E-state index contributed by atoms with van der Waals surface area (Å²) in [6.45, 7) is 0.804. The minimum atomic E-state index is 0.400. The SMILES string of the molecule is COc1ccc(OCc2cn3ccccc3n2)c(CN)c1. The molecule has 2 N–H and O–H groups in total. The van der Waals surface area contributed by atoms with Crippen LogP contribution < -0.4 is 15.2 Å². The molecule has 3 aromatic rings. The van der Waals surface area contributed by atoms with Crippen LogP contribution in [0.15, 0.2) is 48.8 Å². The Morgan fingerprint density at radius 1 is 1.24 bits per heavy atom. The minimum Gasteiger partial charge on any atom is -0.497 e. The van der Waals surface area contributed by atoms with Gasteiger partial charge in [0.15, 0.2) is 0 Å². The highest BCUT2D eigenvalue weighted by molar-refractivity contribution is 5.41. The van der Waals surface area contributed by atoms with Crippen LogP contribution in [0.4, 0.5) is 0 Å². The first-order valence-corrected chi connectivity index (χ1v) is 6.72. The zero-order chi connectivity index (χ0) is 14.7. The van der Waals surface area contributed by atoms with E-state index in [2.05, 4.69) is 4.98 Å². The molecule has 0 unspecified atom stereocenters. The summed E-state index contributed by atoms with van der Waals surface area (Å²) in [5.74, 6) is 1.53. The molecule has 5 nitrogen and oxygen atoms in total. The molecule has 3 rings (SSSR count). The standard InChI is InChI=1S/C16H17N3O2/c1-20-14-5-6-15(12(8-14)9-17)21-11-13-10-19-7-3-2-4-16(19)18-13/h2-8,10H,9,11,17H2,1H3. The van der Waals surface area contributed by atoms with Crippen molar-refractivity contribution < 1.29 is 9.47 Å². The quantitative estimate of drug-likeness (QED) is 0.781. The first-order valence-electron chi connectivity index (χ1n) is 6.72. The number of methoxy groups -OCH3 is 1. The van der Waals surface area contributed by atoms with Crippen molar-refractivity contribution in [3.8, 4) is 11.5 Å². The van der Waals surface area contributed by atoms with Crippen molar-refractivity contribution in [3.05, 3.63) is 60.0 Å². The van der Waals surface area contributed by atoms with Crippen molar-refractivity contribution in [1.29, 1.82) is 0 Å². The lowest BCUT2D eigenvalue weighted by Gasteiger charge is -2.10. The molecule has 0 amide bonds. The van der Waals surface area contributed by atoms with Crippen LogP contribution >= 0.6 is 0 Å². The number of aromatic nitrogens is 2. The normalized spacial score (nSPS) is 10.8. The van der Waals surface area contributed by atoms with E-state index in [-0.39, 0.29) is 0 Å². The van der Waals surface area contributed by atoms with E-state index in [1.54, 1.807) is 7.11 Å². The molecule has 2 heterocycles. The van der Waals surface area contributed by atoms with Gasteiger partial charge in [-0.15, -0.1) is 0 Å². The monoisotopic (exact) mass is 283 g/mol. The van der Waals surface area contributed by atoms with Crippen LogP contribution in [-0.2, 0) is 13.2 Å². The van der Waals surface area contributed by atoms with E-state index in [9.17, 15) is 0 Å². The van der Waals surface area contributed by atoms with E-state index >= 15 is 0 Å². The van der Waals surface area contributed by atoms with Gasteiger partial charge in [0.05, 0.1) is 12.8 Å². The molecule has 5 heteroatoms. The Bertz CT molecular complexity index is 719. The van der Waals surface area contributed by atoms with E-state index in [1.807, 2.05) is 53.2 Å². The third kappa shape index (κ3) is 2.83. The first kappa shape index (κ1) is 13.5. The van der Waals surface area contributed by atoms with E-state index in [0.29, 0.717) is 13.2 Å². The number of fused-ring (bicyclic) bond motifs is 1. The van der Waals surface area contributed by atoms with Crippen molar-refractivity contribution in [2.24, 2.45) is 5.73 Å². The topological polar surface area (TPSA) is 61.8 Å². The van der Waals surface area contributed by atoms with Crippen molar-refractivity contribution in [3.63, 3.8) is 0 Å². The summed E-state index contributed by atoms with van der Waals surface area (Å²) in [6.07, 6.45) is 3.92. The molecule has 0 aliphatic heterocycles. The molecule has 2 aromatic heterocycles. The second-order valence-corrected chi connectivity index (χ2v) is 4.66. The summed E-state index contributed by atoms with van der Waals surface area (Å²) in [5.41, 5.74) is 8.45. The molecule has 0 aliphatic rings. The molecule has 0 aliphatic carbocycles. The zero-order valence-corrected chi connectivity index (χ0v) is 11.8. The van der Waals surface area contributed by atoms with Crippen LogP contribution in [-0.4, -0.2) is 16.5 Å². The molecule has 0 saturated carbocycles. The number of hydrogen-bond donors (Lipinski definition) is 1. The molecule has 0 saturated heterocycles. The van der Waals surface area contributed by atoms with Gasteiger partial charge in [-0.2, -0.15) is 0 Å². The van der Waals surface area contributed by atoms with Crippen LogP contribution in [0, 0.1) is 0 Å². The summed E-state index contributed by atoms with van der Waals surface area (Å²) < 4.78 is 13.0. The lowest BCUT2D eigenvalue weighted by molar-refractivity contribution is 0.298. The average Bonchev–Trinajstić information content (AvgIpc) is 2.95. The molecule has 0 bridgehead atoms. The Kier molecular flexibility index (Phi) is 3.75. The lowest BCUT2D eigenvalue weighted by atomic mass is 10.2.